The summed E-state index contributed by atoms with van der Waals surface area (Å²) < 4.78 is 16.4. The van der Waals surface area contributed by atoms with Gasteiger partial charge in [-0.1, -0.05) is 23.2 Å². The van der Waals surface area contributed by atoms with Crippen molar-refractivity contribution >= 4 is 22.6 Å². The molecule has 0 N–H and O–H groups in total. The van der Waals surface area contributed by atoms with Crippen molar-refractivity contribution in [2.75, 3.05) is 14.2 Å². The van der Waals surface area contributed by atoms with Crippen LogP contribution < -0.4 is 14.9 Å². The average Bonchev–Trinajstić information content (AvgIpc) is 2.58. The minimum absolute atomic E-state index is 0.0512. The quantitative estimate of drug-likeness (QED) is 0.712. The molecular formula is C18H15ClO4. The molecule has 0 saturated heterocycles. The van der Waals surface area contributed by atoms with Crippen molar-refractivity contribution in [3.8, 4) is 22.8 Å². The molecule has 0 aliphatic carbocycles. The van der Waals surface area contributed by atoms with E-state index in [1.165, 1.54) is 0 Å². The fourth-order valence-corrected chi connectivity index (χ4v) is 2.70. The van der Waals surface area contributed by atoms with Crippen molar-refractivity contribution in [2.24, 2.45) is 0 Å². The van der Waals surface area contributed by atoms with Crippen LogP contribution in [0, 0.1) is 6.92 Å². The van der Waals surface area contributed by atoms with E-state index in [-0.39, 0.29) is 10.5 Å². The Morgan fingerprint density at radius 3 is 2.43 bits per heavy atom. The molecule has 0 unspecified atom stereocenters. The number of methoxy groups -OCH3 is 2. The van der Waals surface area contributed by atoms with E-state index < -0.39 is 0 Å². The Bertz CT molecular complexity index is 944. The van der Waals surface area contributed by atoms with Crippen LogP contribution in [0.4, 0.5) is 0 Å². The lowest BCUT2D eigenvalue weighted by atomic mass is 10.1. The number of aryl methyl sites for hydroxylation is 1. The molecule has 118 valence electrons. The summed E-state index contributed by atoms with van der Waals surface area (Å²) in [5, 5.41) is 0.523. The van der Waals surface area contributed by atoms with Gasteiger partial charge < -0.3 is 13.9 Å². The van der Waals surface area contributed by atoms with Crippen LogP contribution in [0.1, 0.15) is 5.56 Å². The highest BCUT2D eigenvalue weighted by Gasteiger charge is 2.16. The Hall–Kier alpha value is -2.46. The van der Waals surface area contributed by atoms with Gasteiger partial charge in [0.1, 0.15) is 10.6 Å². The van der Waals surface area contributed by atoms with E-state index in [0.29, 0.717) is 33.8 Å². The number of hydrogen-bond donors (Lipinski definition) is 0. The Morgan fingerprint density at radius 1 is 1.00 bits per heavy atom. The maximum atomic E-state index is 12.5. The predicted octanol–water partition coefficient (Wildman–Crippen LogP) is 4.44. The molecule has 0 atom stereocenters. The Labute approximate surface area is 138 Å². The fourth-order valence-electron chi connectivity index (χ4n) is 2.45. The highest BCUT2D eigenvalue weighted by Crippen LogP contribution is 2.35. The third-order valence-corrected chi connectivity index (χ3v) is 3.98. The second kappa shape index (κ2) is 5.97. The summed E-state index contributed by atoms with van der Waals surface area (Å²) in [6.45, 7) is 1.91. The molecule has 23 heavy (non-hydrogen) atoms. The van der Waals surface area contributed by atoms with Crippen molar-refractivity contribution in [1.82, 2.24) is 0 Å². The van der Waals surface area contributed by atoms with Crippen LogP contribution in [0.15, 0.2) is 45.6 Å². The fraction of sp³-hybridized carbons (Fsp3) is 0.167. The lowest BCUT2D eigenvalue weighted by Gasteiger charge is -2.10. The molecule has 3 rings (SSSR count). The number of hydrogen-bond acceptors (Lipinski definition) is 4. The van der Waals surface area contributed by atoms with Gasteiger partial charge in [0.2, 0.25) is 5.43 Å². The molecule has 1 aromatic heterocycles. The lowest BCUT2D eigenvalue weighted by Crippen LogP contribution is -2.04. The SMILES string of the molecule is COc1ccc(-c2oc3ccc(C)cc3c(=O)c2Cl)cc1OC. The summed E-state index contributed by atoms with van der Waals surface area (Å²) >= 11 is 6.25. The van der Waals surface area contributed by atoms with Gasteiger partial charge in [-0.3, -0.25) is 4.79 Å². The van der Waals surface area contributed by atoms with E-state index in [1.54, 1.807) is 44.6 Å². The number of halogens is 1. The van der Waals surface area contributed by atoms with E-state index in [2.05, 4.69) is 0 Å². The minimum Gasteiger partial charge on any atom is -0.493 e. The lowest BCUT2D eigenvalue weighted by molar-refractivity contribution is 0.355. The zero-order valence-electron chi connectivity index (χ0n) is 13.0. The van der Waals surface area contributed by atoms with E-state index in [9.17, 15) is 4.79 Å². The molecule has 0 aliphatic rings. The van der Waals surface area contributed by atoms with Crippen LogP contribution in [0.25, 0.3) is 22.3 Å². The Balaban J connectivity index is 2.26. The minimum atomic E-state index is -0.249. The van der Waals surface area contributed by atoms with Crippen molar-refractivity contribution in [2.45, 2.75) is 6.92 Å². The Morgan fingerprint density at radius 2 is 1.74 bits per heavy atom. The van der Waals surface area contributed by atoms with Crippen molar-refractivity contribution < 1.29 is 13.9 Å². The molecule has 1 heterocycles. The monoisotopic (exact) mass is 330 g/mol. The third-order valence-electron chi connectivity index (χ3n) is 3.64. The van der Waals surface area contributed by atoms with Gasteiger partial charge in [0.05, 0.1) is 19.6 Å². The molecule has 5 heteroatoms. The van der Waals surface area contributed by atoms with Gasteiger partial charge in [0.25, 0.3) is 0 Å². The first-order valence-electron chi connectivity index (χ1n) is 7.00. The summed E-state index contributed by atoms with van der Waals surface area (Å²) in [4.78, 5) is 12.5. The van der Waals surface area contributed by atoms with Gasteiger partial charge >= 0.3 is 0 Å². The second-order valence-corrected chi connectivity index (χ2v) is 5.52. The molecule has 0 spiro atoms. The van der Waals surface area contributed by atoms with Crippen LogP contribution in [-0.4, -0.2) is 14.2 Å². The predicted molar refractivity (Wildman–Crippen MR) is 90.8 cm³/mol. The van der Waals surface area contributed by atoms with Crippen molar-refractivity contribution in [1.29, 1.82) is 0 Å². The van der Waals surface area contributed by atoms with Crippen LogP contribution >= 0.6 is 11.6 Å². The first-order chi connectivity index (χ1) is 11.0. The van der Waals surface area contributed by atoms with E-state index in [4.69, 9.17) is 25.5 Å². The normalized spacial score (nSPS) is 10.8. The zero-order valence-corrected chi connectivity index (χ0v) is 13.7. The van der Waals surface area contributed by atoms with E-state index in [1.807, 2.05) is 13.0 Å². The van der Waals surface area contributed by atoms with Crippen LogP contribution in [0.3, 0.4) is 0 Å². The zero-order chi connectivity index (χ0) is 16.6. The van der Waals surface area contributed by atoms with E-state index in [0.717, 1.165) is 5.56 Å². The van der Waals surface area contributed by atoms with Gasteiger partial charge in [-0.05, 0) is 37.3 Å². The van der Waals surface area contributed by atoms with Gasteiger partial charge in [0.15, 0.2) is 17.3 Å². The molecular weight excluding hydrogens is 316 g/mol. The molecule has 0 aliphatic heterocycles. The molecule has 3 aromatic rings. The molecule has 2 aromatic carbocycles. The standard InChI is InChI=1S/C18H15ClO4/c1-10-4-6-13-12(8-10)17(20)16(19)18(23-13)11-5-7-14(21-2)15(9-11)22-3/h4-9H,1-3H3. The molecule has 0 radical (unpaired) electrons. The van der Waals surface area contributed by atoms with Gasteiger partial charge in [-0.15, -0.1) is 0 Å². The highest BCUT2D eigenvalue weighted by molar-refractivity contribution is 6.33. The third kappa shape index (κ3) is 2.66. The average molecular weight is 331 g/mol. The van der Waals surface area contributed by atoms with Crippen molar-refractivity contribution in [3.63, 3.8) is 0 Å². The first kappa shape index (κ1) is 15.4. The summed E-state index contributed by atoms with van der Waals surface area (Å²) in [6.07, 6.45) is 0. The summed E-state index contributed by atoms with van der Waals surface area (Å²) in [5.74, 6) is 1.44. The topological polar surface area (TPSA) is 48.7 Å². The number of fused-ring (bicyclic) bond motifs is 1. The second-order valence-electron chi connectivity index (χ2n) is 5.14. The van der Waals surface area contributed by atoms with Crippen LogP contribution in [-0.2, 0) is 0 Å². The summed E-state index contributed by atoms with van der Waals surface area (Å²) in [6, 6.07) is 10.7. The highest BCUT2D eigenvalue weighted by atomic mass is 35.5. The first-order valence-corrected chi connectivity index (χ1v) is 7.38. The van der Waals surface area contributed by atoms with Gasteiger partial charge in [-0.25, -0.2) is 0 Å². The molecule has 0 saturated carbocycles. The Kier molecular flexibility index (Phi) is 4.01. The number of ether oxygens (including phenoxy) is 2. The molecule has 4 nitrogen and oxygen atoms in total. The number of rotatable bonds is 3. The number of benzene rings is 2. The van der Waals surface area contributed by atoms with Gasteiger partial charge in [-0.2, -0.15) is 0 Å². The molecule has 0 bridgehead atoms. The summed E-state index contributed by atoms with van der Waals surface area (Å²) in [5.41, 5.74) is 1.86. The smallest absolute Gasteiger partial charge is 0.211 e. The van der Waals surface area contributed by atoms with E-state index >= 15 is 0 Å². The summed E-state index contributed by atoms with van der Waals surface area (Å²) in [7, 11) is 3.10. The maximum Gasteiger partial charge on any atom is 0.211 e. The van der Waals surface area contributed by atoms with Crippen molar-refractivity contribution in [3.05, 3.63) is 57.2 Å². The molecule has 0 amide bonds. The molecule has 0 fully saturated rings. The maximum absolute atomic E-state index is 12.5. The van der Waals surface area contributed by atoms with Crippen LogP contribution in [0.5, 0.6) is 11.5 Å². The van der Waals surface area contributed by atoms with Crippen LogP contribution in [0.2, 0.25) is 5.02 Å². The largest absolute Gasteiger partial charge is 0.493 e. The van der Waals surface area contributed by atoms with Gasteiger partial charge in [0, 0.05) is 5.56 Å².